The van der Waals surface area contributed by atoms with E-state index in [4.69, 9.17) is 4.42 Å². The standard InChI is InChI=1S/C16H18N4O4S/c21-14(10-1-2-13-11(7-10)18-16(23)24-13)19-3-5-20(6-4-19)15(22)12-8-25-9-17-12/h1-2,7,12,17H,3-6,8-9H2,(H,18,23). The van der Waals surface area contributed by atoms with Gasteiger partial charge in [0.15, 0.2) is 5.58 Å². The van der Waals surface area contributed by atoms with Gasteiger partial charge in [0.2, 0.25) is 5.91 Å². The smallest absolute Gasteiger partial charge is 0.408 e. The molecule has 2 N–H and O–H groups in total. The van der Waals surface area contributed by atoms with Gasteiger partial charge in [-0.15, -0.1) is 11.8 Å². The Morgan fingerprint density at radius 3 is 2.64 bits per heavy atom. The molecular formula is C16H18N4O4S. The number of hydrogen-bond donors (Lipinski definition) is 2. The van der Waals surface area contributed by atoms with Gasteiger partial charge in [0.05, 0.1) is 11.6 Å². The molecule has 8 nitrogen and oxygen atoms in total. The Bertz CT molecular complexity index is 862. The zero-order chi connectivity index (χ0) is 17.4. The van der Waals surface area contributed by atoms with Gasteiger partial charge in [-0.3, -0.25) is 19.9 Å². The third-order valence-corrected chi connectivity index (χ3v) is 5.50. The number of H-pyrrole nitrogens is 1. The second kappa shape index (κ2) is 6.57. The molecule has 0 radical (unpaired) electrons. The van der Waals surface area contributed by atoms with Crippen LogP contribution in [0.1, 0.15) is 10.4 Å². The third kappa shape index (κ3) is 3.16. The van der Waals surface area contributed by atoms with Crippen molar-refractivity contribution < 1.29 is 14.0 Å². The Kier molecular flexibility index (Phi) is 4.26. The molecule has 0 saturated carbocycles. The first-order valence-electron chi connectivity index (χ1n) is 8.14. The maximum absolute atomic E-state index is 12.7. The number of piperazine rings is 1. The van der Waals surface area contributed by atoms with Gasteiger partial charge in [-0.25, -0.2) is 4.79 Å². The van der Waals surface area contributed by atoms with Gasteiger partial charge in [0.25, 0.3) is 5.91 Å². The van der Waals surface area contributed by atoms with Crippen LogP contribution in [0.2, 0.25) is 0 Å². The predicted molar refractivity (Wildman–Crippen MR) is 93.6 cm³/mol. The predicted octanol–water partition coefficient (Wildman–Crippen LogP) is 0.0680. The molecule has 1 atom stereocenters. The number of nitrogens with zero attached hydrogens (tertiary/aromatic N) is 2. The number of thioether (sulfide) groups is 1. The maximum Gasteiger partial charge on any atom is 0.417 e. The van der Waals surface area contributed by atoms with E-state index in [1.165, 1.54) is 0 Å². The minimum absolute atomic E-state index is 0.104. The fraction of sp³-hybridized carbons (Fsp3) is 0.438. The number of benzene rings is 1. The second-order valence-corrected chi connectivity index (χ2v) is 7.15. The Labute approximate surface area is 147 Å². The van der Waals surface area contributed by atoms with E-state index in [-0.39, 0.29) is 17.9 Å². The van der Waals surface area contributed by atoms with Crippen LogP contribution in [0, 0.1) is 0 Å². The summed E-state index contributed by atoms with van der Waals surface area (Å²) in [6, 6.07) is 4.79. The van der Waals surface area contributed by atoms with Gasteiger partial charge in [-0.2, -0.15) is 0 Å². The molecule has 2 amide bonds. The highest BCUT2D eigenvalue weighted by Crippen LogP contribution is 2.17. The summed E-state index contributed by atoms with van der Waals surface area (Å²) in [4.78, 5) is 42.4. The Morgan fingerprint density at radius 1 is 1.16 bits per heavy atom. The van der Waals surface area contributed by atoms with Crippen molar-refractivity contribution >= 4 is 34.7 Å². The lowest BCUT2D eigenvalue weighted by Gasteiger charge is -2.35. The highest BCUT2D eigenvalue weighted by atomic mass is 32.2. The maximum atomic E-state index is 12.7. The zero-order valence-corrected chi connectivity index (χ0v) is 14.3. The number of aromatic nitrogens is 1. The molecule has 2 fully saturated rings. The number of nitrogens with one attached hydrogen (secondary N) is 2. The molecule has 1 aromatic carbocycles. The normalized spacial score (nSPS) is 21.0. The first-order valence-corrected chi connectivity index (χ1v) is 9.29. The molecule has 132 valence electrons. The summed E-state index contributed by atoms with van der Waals surface area (Å²) in [7, 11) is 0. The molecule has 2 saturated heterocycles. The van der Waals surface area contributed by atoms with E-state index in [2.05, 4.69) is 10.3 Å². The SMILES string of the molecule is O=C(c1ccc2oc(=O)[nH]c2c1)N1CCN(C(=O)C2CSCN2)CC1. The molecule has 2 aromatic rings. The lowest BCUT2D eigenvalue weighted by atomic mass is 10.1. The van der Waals surface area contributed by atoms with Gasteiger partial charge in [0, 0.05) is 43.4 Å². The van der Waals surface area contributed by atoms with Crippen molar-refractivity contribution in [2.45, 2.75) is 6.04 Å². The van der Waals surface area contributed by atoms with Crippen LogP contribution < -0.4 is 11.1 Å². The second-order valence-electron chi connectivity index (χ2n) is 6.11. The fourth-order valence-electron chi connectivity index (χ4n) is 3.17. The van der Waals surface area contributed by atoms with Crippen LogP contribution >= 0.6 is 11.8 Å². The van der Waals surface area contributed by atoms with Gasteiger partial charge in [0.1, 0.15) is 0 Å². The Hall–Kier alpha value is -2.26. The summed E-state index contributed by atoms with van der Waals surface area (Å²) in [5, 5.41) is 3.19. The van der Waals surface area contributed by atoms with Crippen LogP contribution in [-0.4, -0.2) is 70.4 Å². The average molecular weight is 362 g/mol. The van der Waals surface area contributed by atoms with Crippen molar-refractivity contribution in [3.63, 3.8) is 0 Å². The first-order chi connectivity index (χ1) is 12.1. The zero-order valence-electron chi connectivity index (χ0n) is 13.5. The molecule has 0 bridgehead atoms. The molecule has 9 heteroatoms. The highest BCUT2D eigenvalue weighted by Gasteiger charge is 2.30. The van der Waals surface area contributed by atoms with Gasteiger partial charge < -0.3 is 14.2 Å². The number of carbonyl (C=O) groups is 2. The van der Waals surface area contributed by atoms with Crippen LogP contribution in [0.15, 0.2) is 27.4 Å². The first kappa shape index (κ1) is 16.2. The van der Waals surface area contributed by atoms with E-state index in [1.54, 1.807) is 34.9 Å². The average Bonchev–Trinajstić information content (AvgIpc) is 3.28. The summed E-state index contributed by atoms with van der Waals surface area (Å²) < 4.78 is 4.95. The fourth-order valence-corrected chi connectivity index (χ4v) is 4.10. The lowest BCUT2D eigenvalue weighted by Crippen LogP contribution is -2.54. The monoisotopic (exact) mass is 362 g/mol. The lowest BCUT2D eigenvalue weighted by molar-refractivity contribution is -0.134. The molecule has 2 aliphatic heterocycles. The van der Waals surface area contributed by atoms with Crippen LogP contribution in [0.5, 0.6) is 0 Å². The minimum Gasteiger partial charge on any atom is -0.408 e. The number of oxazole rings is 1. The third-order valence-electron chi connectivity index (χ3n) is 4.56. The molecule has 4 rings (SSSR count). The topological polar surface area (TPSA) is 98.7 Å². The van der Waals surface area contributed by atoms with E-state index >= 15 is 0 Å². The Balaban J connectivity index is 1.41. The van der Waals surface area contributed by atoms with E-state index in [0.29, 0.717) is 42.8 Å². The number of carbonyl (C=O) groups excluding carboxylic acids is 2. The minimum atomic E-state index is -0.537. The van der Waals surface area contributed by atoms with Crippen molar-refractivity contribution in [2.24, 2.45) is 0 Å². The number of fused-ring (bicyclic) bond motifs is 1. The molecule has 1 aromatic heterocycles. The van der Waals surface area contributed by atoms with Crippen LogP contribution in [0.4, 0.5) is 0 Å². The molecule has 1 unspecified atom stereocenters. The largest absolute Gasteiger partial charge is 0.417 e. The van der Waals surface area contributed by atoms with Crippen molar-refractivity contribution in [2.75, 3.05) is 37.8 Å². The quantitative estimate of drug-likeness (QED) is 0.784. The van der Waals surface area contributed by atoms with Gasteiger partial charge in [-0.05, 0) is 18.2 Å². The summed E-state index contributed by atoms with van der Waals surface area (Å²) >= 11 is 1.72. The molecular weight excluding hydrogens is 344 g/mol. The summed E-state index contributed by atoms with van der Waals surface area (Å²) in [6.45, 7) is 2.09. The molecule has 0 aliphatic carbocycles. The van der Waals surface area contributed by atoms with Crippen molar-refractivity contribution in [1.29, 1.82) is 0 Å². The number of hydrogen-bond acceptors (Lipinski definition) is 6. The summed E-state index contributed by atoms with van der Waals surface area (Å²) in [5.41, 5.74) is 1.44. The summed E-state index contributed by atoms with van der Waals surface area (Å²) in [5.74, 6) is 1.10. The van der Waals surface area contributed by atoms with Gasteiger partial charge >= 0.3 is 5.76 Å². The van der Waals surface area contributed by atoms with Crippen molar-refractivity contribution in [3.8, 4) is 0 Å². The Morgan fingerprint density at radius 2 is 1.92 bits per heavy atom. The molecule has 2 aliphatic rings. The number of aromatic amines is 1. The number of amides is 2. The van der Waals surface area contributed by atoms with Crippen molar-refractivity contribution in [3.05, 3.63) is 34.3 Å². The van der Waals surface area contributed by atoms with E-state index < -0.39 is 5.76 Å². The van der Waals surface area contributed by atoms with Crippen LogP contribution in [0.25, 0.3) is 11.1 Å². The number of rotatable bonds is 2. The molecule has 25 heavy (non-hydrogen) atoms. The molecule has 0 spiro atoms. The van der Waals surface area contributed by atoms with Crippen molar-refractivity contribution in [1.82, 2.24) is 20.1 Å². The summed E-state index contributed by atoms with van der Waals surface area (Å²) in [6.07, 6.45) is 0. The highest BCUT2D eigenvalue weighted by molar-refractivity contribution is 7.99. The van der Waals surface area contributed by atoms with E-state index in [0.717, 1.165) is 11.6 Å². The van der Waals surface area contributed by atoms with E-state index in [1.807, 2.05) is 4.90 Å². The van der Waals surface area contributed by atoms with Crippen LogP contribution in [-0.2, 0) is 4.79 Å². The van der Waals surface area contributed by atoms with Crippen LogP contribution in [0.3, 0.4) is 0 Å². The van der Waals surface area contributed by atoms with E-state index in [9.17, 15) is 14.4 Å². The molecule has 3 heterocycles. The van der Waals surface area contributed by atoms with Gasteiger partial charge in [-0.1, -0.05) is 0 Å².